The number of hydrogen-bond donors (Lipinski definition) is 2. The minimum atomic E-state index is -0.447. The Morgan fingerprint density at radius 1 is 1.46 bits per heavy atom. The lowest BCUT2D eigenvalue weighted by Gasteiger charge is -2.06. The Kier molecular flexibility index (Phi) is 3.39. The predicted molar refractivity (Wildman–Crippen MR) is 47.7 cm³/mol. The fraction of sp³-hybridized carbons (Fsp3) is 0.400. The zero-order valence-electron chi connectivity index (χ0n) is 7.50. The van der Waals surface area contributed by atoms with Crippen LogP contribution in [0.1, 0.15) is 18.1 Å². The first-order valence-electron chi connectivity index (χ1n) is 4.19. The van der Waals surface area contributed by atoms with Crippen molar-refractivity contribution in [3.05, 3.63) is 35.1 Å². The molecule has 0 radical (unpaired) electrons. The van der Waals surface area contributed by atoms with Gasteiger partial charge in [0.25, 0.3) is 0 Å². The number of aliphatic hydroxyl groups is 2. The molecule has 2 N–H and O–H groups in total. The molecule has 1 aromatic carbocycles. The number of benzene rings is 1. The van der Waals surface area contributed by atoms with E-state index in [-0.39, 0.29) is 12.2 Å². The zero-order valence-corrected chi connectivity index (χ0v) is 7.50. The fourth-order valence-corrected chi connectivity index (χ4v) is 1.22. The molecule has 0 aliphatic carbocycles. The maximum Gasteiger partial charge on any atom is 0.128 e. The number of aliphatic hydroxyl groups excluding tert-OH is 2. The number of halogens is 1. The monoisotopic (exact) mass is 184 g/mol. The van der Waals surface area contributed by atoms with Crippen molar-refractivity contribution < 1.29 is 14.6 Å². The van der Waals surface area contributed by atoms with Crippen LogP contribution in [0.25, 0.3) is 0 Å². The third-order valence-corrected chi connectivity index (χ3v) is 1.81. The Morgan fingerprint density at radius 3 is 2.69 bits per heavy atom. The summed E-state index contributed by atoms with van der Waals surface area (Å²) in [5.74, 6) is -0.406. The summed E-state index contributed by atoms with van der Waals surface area (Å²) in [4.78, 5) is 0. The van der Waals surface area contributed by atoms with Gasteiger partial charge in [0.15, 0.2) is 0 Å². The van der Waals surface area contributed by atoms with E-state index in [0.717, 1.165) is 5.56 Å². The molecule has 0 saturated heterocycles. The van der Waals surface area contributed by atoms with Gasteiger partial charge in [-0.3, -0.25) is 0 Å². The van der Waals surface area contributed by atoms with Crippen LogP contribution in [-0.2, 0) is 13.0 Å². The van der Waals surface area contributed by atoms with Gasteiger partial charge in [-0.05, 0) is 25.0 Å². The molecule has 0 amide bonds. The first-order chi connectivity index (χ1) is 6.13. The van der Waals surface area contributed by atoms with Crippen LogP contribution in [-0.4, -0.2) is 16.3 Å². The highest BCUT2D eigenvalue weighted by Gasteiger charge is 2.04. The van der Waals surface area contributed by atoms with Gasteiger partial charge in [0.05, 0.1) is 12.7 Å². The van der Waals surface area contributed by atoms with Crippen LogP contribution in [0.5, 0.6) is 0 Å². The molecule has 0 bridgehead atoms. The Bertz CT molecular complexity index is 284. The number of rotatable bonds is 3. The van der Waals surface area contributed by atoms with Gasteiger partial charge < -0.3 is 10.2 Å². The molecule has 0 fully saturated rings. The summed E-state index contributed by atoms with van der Waals surface area (Å²) in [5, 5.41) is 17.9. The summed E-state index contributed by atoms with van der Waals surface area (Å²) in [6.07, 6.45) is 0.0322. The minimum Gasteiger partial charge on any atom is -0.393 e. The molecule has 1 aromatic rings. The van der Waals surface area contributed by atoms with E-state index in [4.69, 9.17) is 10.2 Å². The van der Waals surface area contributed by atoms with Crippen LogP contribution >= 0.6 is 0 Å². The SMILES string of the molecule is CC(O)Cc1ccc(F)c(CO)c1. The van der Waals surface area contributed by atoms with Crippen molar-refractivity contribution >= 4 is 0 Å². The second-order valence-electron chi connectivity index (χ2n) is 3.14. The Balaban J connectivity index is 2.86. The van der Waals surface area contributed by atoms with Gasteiger partial charge in [0.2, 0.25) is 0 Å². The lowest BCUT2D eigenvalue weighted by atomic mass is 10.1. The molecule has 0 aromatic heterocycles. The maximum absolute atomic E-state index is 12.9. The molecule has 0 heterocycles. The van der Waals surface area contributed by atoms with Gasteiger partial charge in [-0.2, -0.15) is 0 Å². The highest BCUT2D eigenvalue weighted by Crippen LogP contribution is 2.12. The van der Waals surface area contributed by atoms with Gasteiger partial charge in [0, 0.05) is 5.56 Å². The second-order valence-corrected chi connectivity index (χ2v) is 3.14. The quantitative estimate of drug-likeness (QED) is 0.742. The Morgan fingerprint density at radius 2 is 2.15 bits per heavy atom. The van der Waals surface area contributed by atoms with E-state index in [2.05, 4.69) is 0 Å². The molecule has 0 aliphatic heterocycles. The predicted octanol–water partition coefficient (Wildman–Crippen LogP) is 1.24. The van der Waals surface area contributed by atoms with E-state index in [1.54, 1.807) is 19.1 Å². The van der Waals surface area contributed by atoms with E-state index in [0.29, 0.717) is 6.42 Å². The molecular weight excluding hydrogens is 171 g/mol. The van der Waals surface area contributed by atoms with Gasteiger partial charge in [-0.1, -0.05) is 12.1 Å². The van der Waals surface area contributed by atoms with Crippen LogP contribution in [0.3, 0.4) is 0 Å². The van der Waals surface area contributed by atoms with Gasteiger partial charge in [-0.25, -0.2) is 4.39 Å². The lowest BCUT2D eigenvalue weighted by molar-refractivity contribution is 0.195. The topological polar surface area (TPSA) is 40.5 Å². The second kappa shape index (κ2) is 4.35. The largest absolute Gasteiger partial charge is 0.393 e. The van der Waals surface area contributed by atoms with Crippen molar-refractivity contribution in [2.24, 2.45) is 0 Å². The maximum atomic E-state index is 12.9. The van der Waals surface area contributed by atoms with Crippen molar-refractivity contribution in [3.63, 3.8) is 0 Å². The van der Waals surface area contributed by atoms with E-state index < -0.39 is 11.9 Å². The first kappa shape index (κ1) is 10.2. The van der Waals surface area contributed by atoms with Crippen LogP contribution in [0.4, 0.5) is 4.39 Å². The van der Waals surface area contributed by atoms with Crippen molar-refractivity contribution in [2.45, 2.75) is 26.1 Å². The van der Waals surface area contributed by atoms with E-state index >= 15 is 0 Å². The van der Waals surface area contributed by atoms with Gasteiger partial charge in [-0.15, -0.1) is 0 Å². The molecule has 1 atom stereocenters. The van der Waals surface area contributed by atoms with E-state index in [1.165, 1.54) is 6.07 Å². The summed E-state index contributed by atoms with van der Waals surface area (Å²) >= 11 is 0. The summed E-state index contributed by atoms with van der Waals surface area (Å²) in [6.45, 7) is 1.36. The molecule has 0 aliphatic rings. The molecule has 1 unspecified atom stereocenters. The van der Waals surface area contributed by atoms with Crippen molar-refractivity contribution in [2.75, 3.05) is 0 Å². The summed E-state index contributed by atoms with van der Waals surface area (Å²) in [6, 6.07) is 4.49. The van der Waals surface area contributed by atoms with E-state index in [9.17, 15) is 4.39 Å². The molecule has 1 rings (SSSR count). The van der Waals surface area contributed by atoms with Gasteiger partial charge >= 0.3 is 0 Å². The molecule has 3 heteroatoms. The molecule has 2 nitrogen and oxygen atoms in total. The molecule has 0 saturated carbocycles. The molecule has 13 heavy (non-hydrogen) atoms. The fourth-order valence-electron chi connectivity index (χ4n) is 1.22. The molecule has 0 spiro atoms. The average Bonchev–Trinajstić information content (AvgIpc) is 2.07. The smallest absolute Gasteiger partial charge is 0.128 e. The van der Waals surface area contributed by atoms with Crippen LogP contribution < -0.4 is 0 Å². The zero-order chi connectivity index (χ0) is 9.84. The third kappa shape index (κ3) is 2.79. The standard InChI is InChI=1S/C10H13FO2/c1-7(13)4-8-2-3-10(11)9(5-8)6-12/h2-3,5,7,12-13H,4,6H2,1H3. The van der Waals surface area contributed by atoms with Crippen LogP contribution in [0.2, 0.25) is 0 Å². The van der Waals surface area contributed by atoms with Crippen molar-refractivity contribution in [3.8, 4) is 0 Å². The third-order valence-electron chi connectivity index (χ3n) is 1.81. The van der Waals surface area contributed by atoms with Crippen molar-refractivity contribution in [1.82, 2.24) is 0 Å². The highest BCUT2D eigenvalue weighted by molar-refractivity contribution is 5.25. The van der Waals surface area contributed by atoms with E-state index in [1.807, 2.05) is 0 Å². The molecular formula is C10H13FO2. The Hall–Kier alpha value is -0.930. The highest BCUT2D eigenvalue weighted by atomic mass is 19.1. The van der Waals surface area contributed by atoms with Crippen LogP contribution in [0.15, 0.2) is 18.2 Å². The minimum absolute atomic E-state index is 0.276. The number of hydrogen-bond acceptors (Lipinski definition) is 2. The summed E-state index contributed by atoms with van der Waals surface area (Å²) in [7, 11) is 0. The first-order valence-corrected chi connectivity index (χ1v) is 4.19. The Labute approximate surface area is 76.6 Å². The normalized spacial score (nSPS) is 12.9. The summed E-state index contributed by atoms with van der Waals surface area (Å²) < 4.78 is 12.9. The molecule has 72 valence electrons. The van der Waals surface area contributed by atoms with Crippen LogP contribution in [0, 0.1) is 5.82 Å². The van der Waals surface area contributed by atoms with Gasteiger partial charge in [0.1, 0.15) is 5.82 Å². The van der Waals surface area contributed by atoms with Crippen molar-refractivity contribution in [1.29, 1.82) is 0 Å². The summed E-state index contributed by atoms with van der Waals surface area (Å²) in [5.41, 5.74) is 1.11. The average molecular weight is 184 g/mol. The lowest BCUT2D eigenvalue weighted by Crippen LogP contribution is -2.05.